The van der Waals surface area contributed by atoms with Crippen LogP contribution in [0.15, 0.2) is 12.3 Å². The Labute approximate surface area is 123 Å². The first-order valence-electron chi connectivity index (χ1n) is 8.42. The second-order valence-electron chi connectivity index (χ2n) is 4.16. The van der Waals surface area contributed by atoms with E-state index in [-0.39, 0.29) is 24.3 Å². The molecule has 0 radical (unpaired) electrons. The fourth-order valence-corrected chi connectivity index (χ4v) is 2.08. The summed E-state index contributed by atoms with van der Waals surface area (Å²) in [6.07, 6.45) is -3.07. The first-order valence-corrected chi connectivity index (χ1v) is 5.92. The number of pyridine rings is 1. The largest absolute Gasteiger partial charge is 0.465 e. The number of aromatic nitrogens is 1. The molecule has 6 heteroatoms. The van der Waals surface area contributed by atoms with Crippen molar-refractivity contribution in [3.8, 4) is 11.8 Å². The van der Waals surface area contributed by atoms with Crippen molar-refractivity contribution in [3.63, 3.8) is 0 Å². The zero-order chi connectivity index (χ0) is 18.8. The van der Waals surface area contributed by atoms with Gasteiger partial charge in [-0.05, 0) is 12.0 Å². The van der Waals surface area contributed by atoms with Crippen molar-refractivity contribution in [2.75, 3.05) is 19.6 Å². The molecule has 0 saturated carbocycles. The molecule has 0 aliphatic carbocycles. The number of carboxylic acid groups (broad SMARTS) is 1. The van der Waals surface area contributed by atoms with E-state index in [1.807, 2.05) is 5.92 Å². The Hall–Kier alpha value is -2.13. The number of hydrogen-bond donors (Lipinski definition) is 2. The van der Waals surface area contributed by atoms with E-state index in [0.717, 1.165) is 11.1 Å². The normalized spacial score (nSPS) is 23.4. The summed E-state index contributed by atoms with van der Waals surface area (Å²) in [6, 6.07) is 0.431. The van der Waals surface area contributed by atoms with Crippen molar-refractivity contribution in [3.05, 3.63) is 29.3 Å². The smallest absolute Gasteiger partial charge is 0.407 e. The van der Waals surface area contributed by atoms with Gasteiger partial charge in [-0.15, -0.1) is 0 Å². The number of hydrogen-bond acceptors (Lipinski definition) is 3. The summed E-state index contributed by atoms with van der Waals surface area (Å²) in [4.78, 5) is 16.1. The van der Waals surface area contributed by atoms with Crippen LogP contribution in [0.2, 0.25) is 0 Å². The van der Waals surface area contributed by atoms with Gasteiger partial charge in [-0.3, -0.25) is 4.90 Å². The summed E-state index contributed by atoms with van der Waals surface area (Å²) in [5.41, 5.74) is 0.00350. The minimum absolute atomic E-state index is 0.0413. The molecule has 1 aromatic rings. The minimum atomic E-state index is -2.93. The lowest BCUT2D eigenvalue weighted by Gasteiger charge is -2.34. The van der Waals surface area contributed by atoms with Crippen LogP contribution in [0.1, 0.15) is 37.4 Å². The van der Waals surface area contributed by atoms with Gasteiger partial charge in [-0.25, -0.2) is 14.2 Å². The Morgan fingerprint density at radius 2 is 2.70 bits per heavy atom. The van der Waals surface area contributed by atoms with E-state index in [0.29, 0.717) is 6.54 Å². The van der Waals surface area contributed by atoms with Crippen molar-refractivity contribution in [1.82, 2.24) is 15.2 Å². The average molecular weight is 282 g/mol. The minimum Gasteiger partial charge on any atom is -0.465 e. The molecule has 1 unspecified atom stereocenters. The molecule has 20 heavy (non-hydrogen) atoms. The first kappa shape index (κ1) is 8.93. The molecular formula is C14H16FN3O2. The maximum absolute atomic E-state index is 14.1. The Bertz CT molecular complexity index is 729. The van der Waals surface area contributed by atoms with Gasteiger partial charge in [-0.1, -0.05) is 12.8 Å². The maximum Gasteiger partial charge on any atom is 0.407 e. The molecule has 0 spiro atoms. The average Bonchev–Trinajstić information content (AvgIpc) is 2.53. The van der Waals surface area contributed by atoms with Gasteiger partial charge in [0.25, 0.3) is 0 Å². The molecule has 106 valence electrons. The third kappa shape index (κ3) is 3.06. The van der Waals surface area contributed by atoms with Crippen molar-refractivity contribution < 1.29 is 21.1 Å². The van der Waals surface area contributed by atoms with Gasteiger partial charge in [0.05, 0.1) is 12.2 Å². The molecule has 0 bridgehead atoms. The zero-order valence-electron chi connectivity index (χ0n) is 15.5. The Morgan fingerprint density at radius 3 is 3.45 bits per heavy atom. The maximum atomic E-state index is 14.1. The van der Waals surface area contributed by atoms with Crippen LogP contribution < -0.4 is 5.32 Å². The summed E-state index contributed by atoms with van der Waals surface area (Å²) >= 11 is 0. The Kier molecular flexibility index (Phi) is 2.83. The quantitative estimate of drug-likeness (QED) is 0.768. The van der Waals surface area contributed by atoms with Gasteiger partial charge in [0.2, 0.25) is 0 Å². The second-order valence-corrected chi connectivity index (χ2v) is 4.16. The van der Waals surface area contributed by atoms with E-state index >= 15 is 0 Å². The summed E-state index contributed by atoms with van der Waals surface area (Å²) < 4.78 is 50.3. The van der Waals surface area contributed by atoms with Gasteiger partial charge >= 0.3 is 6.09 Å². The predicted molar refractivity (Wildman–Crippen MR) is 71.7 cm³/mol. The molecule has 1 aliphatic rings. The van der Waals surface area contributed by atoms with Crippen LogP contribution in [0, 0.1) is 17.7 Å². The van der Waals surface area contributed by atoms with Gasteiger partial charge < -0.3 is 10.4 Å². The fourth-order valence-electron chi connectivity index (χ4n) is 2.08. The van der Waals surface area contributed by atoms with Crippen LogP contribution in [-0.2, 0) is 0 Å². The third-order valence-corrected chi connectivity index (χ3v) is 2.99. The molecule has 1 aromatic heterocycles. The van der Waals surface area contributed by atoms with Crippen LogP contribution in [0.3, 0.4) is 0 Å². The molecule has 1 fully saturated rings. The van der Waals surface area contributed by atoms with Crippen LogP contribution in [-0.4, -0.2) is 40.7 Å². The van der Waals surface area contributed by atoms with Gasteiger partial charge in [-0.2, -0.15) is 0 Å². The topological polar surface area (TPSA) is 65.5 Å². The van der Waals surface area contributed by atoms with Crippen molar-refractivity contribution >= 4 is 6.09 Å². The highest BCUT2D eigenvalue weighted by molar-refractivity contribution is 5.66. The number of amides is 1. The molecule has 2 heterocycles. The van der Waals surface area contributed by atoms with Gasteiger partial charge in [0.1, 0.15) is 11.5 Å². The molecular weight excluding hydrogens is 261 g/mol. The van der Waals surface area contributed by atoms with Crippen LogP contribution in [0.25, 0.3) is 0 Å². The number of piperazine rings is 1. The molecule has 2 rings (SSSR count). The molecule has 1 saturated heterocycles. The zero-order valence-corrected chi connectivity index (χ0v) is 10.5. The summed E-state index contributed by atoms with van der Waals surface area (Å²) in [6.45, 7) is -2.10. The highest BCUT2D eigenvalue weighted by Gasteiger charge is 2.29. The van der Waals surface area contributed by atoms with Crippen molar-refractivity contribution in [2.45, 2.75) is 19.3 Å². The van der Waals surface area contributed by atoms with E-state index in [2.05, 4.69) is 16.2 Å². The SMILES string of the molecule is [2H]C([2H])([2H])C([2H])([2H])C#Cc1cc(C2CNCCN2C(=O)O)c(F)cn1. The Morgan fingerprint density at radius 1 is 1.85 bits per heavy atom. The summed E-state index contributed by atoms with van der Waals surface area (Å²) in [5, 5.41) is 12.2. The van der Waals surface area contributed by atoms with Crippen LogP contribution >= 0.6 is 0 Å². The Balaban J connectivity index is 2.37. The lowest BCUT2D eigenvalue weighted by molar-refractivity contribution is 0.111. The van der Waals surface area contributed by atoms with E-state index in [1.54, 1.807) is 0 Å². The van der Waals surface area contributed by atoms with Gasteiger partial charge in [0, 0.05) is 38.4 Å². The number of nitrogens with zero attached hydrogens (tertiary/aromatic N) is 2. The van der Waals surface area contributed by atoms with E-state index < -0.39 is 31.2 Å². The molecule has 2 N–H and O–H groups in total. The van der Waals surface area contributed by atoms with E-state index in [4.69, 9.17) is 6.85 Å². The van der Waals surface area contributed by atoms with Gasteiger partial charge in [0.15, 0.2) is 0 Å². The second kappa shape index (κ2) is 6.35. The highest BCUT2D eigenvalue weighted by atomic mass is 19.1. The molecule has 1 amide bonds. The standard InChI is InChI=1S/C14H16FN3O2/c1-2-3-4-10-7-11(12(15)8-17-10)13-9-16-5-6-18(13)14(19)20/h7-8,13,16H,2,5-6,9H2,1H3,(H,19,20)/i1D3,2D2. The monoisotopic (exact) mass is 282 g/mol. The number of rotatable bonds is 1. The number of nitrogens with one attached hydrogen (secondary N) is 1. The molecule has 1 atom stereocenters. The number of carbonyl (C=O) groups is 1. The summed E-state index contributed by atoms with van der Waals surface area (Å²) in [7, 11) is 0. The lowest BCUT2D eigenvalue weighted by atomic mass is 10.0. The first-order chi connectivity index (χ1) is 11.5. The van der Waals surface area contributed by atoms with Crippen LogP contribution in [0.4, 0.5) is 9.18 Å². The van der Waals surface area contributed by atoms with E-state index in [1.165, 1.54) is 6.07 Å². The van der Waals surface area contributed by atoms with Crippen molar-refractivity contribution in [2.24, 2.45) is 0 Å². The van der Waals surface area contributed by atoms with E-state index in [9.17, 15) is 14.3 Å². The summed E-state index contributed by atoms with van der Waals surface area (Å²) in [5.74, 6) is 3.56. The molecule has 1 aliphatic heterocycles. The molecule has 0 aromatic carbocycles. The third-order valence-electron chi connectivity index (χ3n) is 2.99. The highest BCUT2D eigenvalue weighted by Crippen LogP contribution is 2.24. The lowest BCUT2D eigenvalue weighted by Crippen LogP contribution is -2.48. The van der Waals surface area contributed by atoms with Crippen LogP contribution in [0.5, 0.6) is 0 Å². The molecule has 5 nitrogen and oxygen atoms in total. The van der Waals surface area contributed by atoms with Crippen molar-refractivity contribution in [1.29, 1.82) is 0 Å². The predicted octanol–water partition coefficient (Wildman–Crippen LogP) is 1.61. The number of halogens is 1. The fraction of sp³-hybridized carbons (Fsp3) is 0.429.